The molecule has 2 rings (SSSR count). The maximum Gasteiger partial charge on any atom is 0.0317 e. The molecule has 0 bridgehead atoms. The highest BCUT2D eigenvalue weighted by Crippen LogP contribution is 2.36. The van der Waals surface area contributed by atoms with Crippen LogP contribution in [0.1, 0.15) is 45.7 Å². The number of benzene rings is 1. The van der Waals surface area contributed by atoms with Crippen LogP contribution in [0.5, 0.6) is 0 Å². The number of anilines is 1. The predicted molar refractivity (Wildman–Crippen MR) is 74.0 cm³/mol. The van der Waals surface area contributed by atoms with Crippen molar-refractivity contribution in [2.45, 2.75) is 52.1 Å². The van der Waals surface area contributed by atoms with Gasteiger partial charge in [-0.15, -0.1) is 0 Å². The topological polar surface area (TPSA) is 29.3 Å². The Morgan fingerprint density at radius 1 is 1.24 bits per heavy atom. The maximum atomic E-state index is 5.91. The summed E-state index contributed by atoms with van der Waals surface area (Å²) in [5, 5.41) is 0. The van der Waals surface area contributed by atoms with Crippen LogP contribution in [0.3, 0.4) is 0 Å². The van der Waals surface area contributed by atoms with Gasteiger partial charge >= 0.3 is 0 Å². The third-order valence-electron chi connectivity index (χ3n) is 3.75. The fourth-order valence-electron chi connectivity index (χ4n) is 2.70. The average Bonchev–Trinajstić information content (AvgIpc) is 2.13. The van der Waals surface area contributed by atoms with Gasteiger partial charge in [-0.25, -0.2) is 0 Å². The first kappa shape index (κ1) is 12.4. The Morgan fingerprint density at radius 3 is 2.47 bits per heavy atom. The zero-order valence-corrected chi connectivity index (χ0v) is 11.7. The zero-order chi connectivity index (χ0) is 12.8. The van der Waals surface area contributed by atoms with Crippen LogP contribution in [0, 0.1) is 0 Å². The van der Waals surface area contributed by atoms with E-state index in [1.165, 1.54) is 11.1 Å². The Bertz CT molecular complexity index is 427. The molecule has 0 atom stereocenters. The van der Waals surface area contributed by atoms with Gasteiger partial charge in [0.15, 0.2) is 0 Å². The van der Waals surface area contributed by atoms with Crippen molar-refractivity contribution in [3.8, 4) is 0 Å². The number of nitrogens with two attached hydrogens (primary N) is 1. The third kappa shape index (κ3) is 2.32. The Morgan fingerprint density at radius 2 is 1.88 bits per heavy atom. The van der Waals surface area contributed by atoms with Crippen LogP contribution in [0.2, 0.25) is 0 Å². The Kier molecular flexibility index (Phi) is 2.74. The zero-order valence-electron chi connectivity index (χ0n) is 11.7. The number of nitrogens with zero attached hydrogens (tertiary/aromatic N) is 1. The summed E-state index contributed by atoms with van der Waals surface area (Å²) in [6.45, 7) is 13.6. The molecule has 0 saturated carbocycles. The molecule has 1 aromatic carbocycles. The molecule has 1 aliphatic rings. The minimum atomic E-state index is 0.203. The third-order valence-corrected chi connectivity index (χ3v) is 3.75. The van der Waals surface area contributed by atoms with Crippen molar-refractivity contribution in [3.05, 3.63) is 29.3 Å². The maximum absolute atomic E-state index is 5.91. The highest BCUT2D eigenvalue weighted by Gasteiger charge is 2.35. The predicted octanol–water partition coefficient (Wildman–Crippen LogP) is 3.16. The van der Waals surface area contributed by atoms with E-state index in [1.54, 1.807) is 0 Å². The Hall–Kier alpha value is -1.02. The van der Waals surface area contributed by atoms with Crippen LogP contribution in [0.25, 0.3) is 0 Å². The van der Waals surface area contributed by atoms with E-state index in [-0.39, 0.29) is 11.0 Å². The molecule has 1 heterocycles. The second-order valence-electron chi connectivity index (χ2n) is 6.83. The van der Waals surface area contributed by atoms with Gasteiger partial charge in [-0.1, -0.05) is 19.9 Å². The van der Waals surface area contributed by atoms with Gasteiger partial charge in [0.05, 0.1) is 0 Å². The molecule has 0 spiro atoms. The van der Waals surface area contributed by atoms with Crippen LogP contribution >= 0.6 is 0 Å². The van der Waals surface area contributed by atoms with Crippen LogP contribution in [-0.4, -0.2) is 17.0 Å². The first-order valence-corrected chi connectivity index (χ1v) is 6.34. The molecule has 17 heavy (non-hydrogen) atoms. The number of rotatable bonds is 0. The van der Waals surface area contributed by atoms with E-state index in [4.69, 9.17) is 5.73 Å². The van der Waals surface area contributed by atoms with Crippen molar-refractivity contribution in [2.24, 2.45) is 0 Å². The molecule has 2 heteroatoms. The van der Waals surface area contributed by atoms with Crippen molar-refractivity contribution >= 4 is 5.69 Å². The average molecular weight is 232 g/mol. The van der Waals surface area contributed by atoms with Gasteiger partial charge in [-0.05, 0) is 44.0 Å². The standard InChI is InChI=1S/C15H24N2/c1-14(2,3)17-9-11-8-12(16)6-7-13(11)15(4,5)10-17/h6-8H,9-10,16H2,1-5H3. The molecular weight excluding hydrogens is 208 g/mol. The molecule has 0 radical (unpaired) electrons. The molecule has 0 aliphatic carbocycles. The number of hydrogen-bond donors (Lipinski definition) is 1. The lowest BCUT2D eigenvalue weighted by molar-refractivity contribution is 0.0872. The highest BCUT2D eigenvalue weighted by molar-refractivity contribution is 5.48. The Balaban J connectivity index is 2.45. The SMILES string of the molecule is CC1(C)CN(C(C)(C)C)Cc2cc(N)ccc21. The van der Waals surface area contributed by atoms with Gasteiger partial charge < -0.3 is 5.73 Å². The smallest absolute Gasteiger partial charge is 0.0317 e. The van der Waals surface area contributed by atoms with Gasteiger partial charge in [-0.3, -0.25) is 4.90 Å². The first-order chi connectivity index (χ1) is 7.70. The summed E-state index contributed by atoms with van der Waals surface area (Å²) in [6, 6.07) is 6.35. The summed E-state index contributed by atoms with van der Waals surface area (Å²) < 4.78 is 0. The number of hydrogen-bond acceptors (Lipinski definition) is 2. The second kappa shape index (κ2) is 3.74. The molecule has 1 aliphatic heterocycles. The molecule has 0 aromatic heterocycles. The lowest BCUT2D eigenvalue weighted by Crippen LogP contribution is -2.50. The lowest BCUT2D eigenvalue weighted by Gasteiger charge is -2.46. The van der Waals surface area contributed by atoms with Crippen LogP contribution < -0.4 is 5.73 Å². The van der Waals surface area contributed by atoms with E-state index in [0.29, 0.717) is 0 Å². The highest BCUT2D eigenvalue weighted by atomic mass is 15.2. The molecule has 0 saturated heterocycles. The molecule has 0 amide bonds. The van der Waals surface area contributed by atoms with Crippen molar-refractivity contribution in [1.29, 1.82) is 0 Å². The van der Waals surface area contributed by atoms with Crippen molar-refractivity contribution in [3.63, 3.8) is 0 Å². The van der Waals surface area contributed by atoms with Crippen LogP contribution in [0.4, 0.5) is 5.69 Å². The normalized spacial score (nSPS) is 20.1. The summed E-state index contributed by atoms with van der Waals surface area (Å²) in [5.41, 5.74) is 10.0. The van der Waals surface area contributed by atoms with Gasteiger partial charge in [0, 0.05) is 29.7 Å². The fourth-order valence-corrected chi connectivity index (χ4v) is 2.70. The van der Waals surface area contributed by atoms with Gasteiger partial charge in [0.2, 0.25) is 0 Å². The molecule has 1 aromatic rings. The van der Waals surface area contributed by atoms with E-state index in [0.717, 1.165) is 18.8 Å². The molecule has 94 valence electrons. The number of nitrogen functional groups attached to an aromatic ring is 1. The summed E-state index contributed by atoms with van der Waals surface area (Å²) in [5.74, 6) is 0. The molecule has 2 N–H and O–H groups in total. The molecule has 0 unspecified atom stereocenters. The number of fused-ring (bicyclic) bond motifs is 1. The second-order valence-corrected chi connectivity index (χ2v) is 6.83. The monoisotopic (exact) mass is 232 g/mol. The largest absolute Gasteiger partial charge is 0.399 e. The van der Waals surface area contributed by atoms with Crippen LogP contribution in [-0.2, 0) is 12.0 Å². The quantitative estimate of drug-likeness (QED) is 0.696. The minimum absolute atomic E-state index is 0.203. The van der Waals surface area contributed by atoms with E-state index < -0.39 is 0 Å². The van der Waals surface area contributed by atoms with Crippen molar-refractivity contribution in [1.82, 2.24) is 4.90 Å². The van der Waals surface area contributed by atoms with Crippen molar-refractivity contribution in [2.75, 3.05) is 12.3 Å². The fraction of sp³-hybridized carbons (Fsp3) is 0.600. The summed E-state index contributed by atoms with van der Waals surface area (Å²) in [4.78, 5) is 2.54. The van der Waals surface area contributed by atoms with Crippen LogP contribution in [0.15, 0.2) is 18.2 Å². The van der Waals surface area contributed by atoms with Gasteiger partial charge in [0.25, 0.3) is 0 Å². The van der Waals surface area contributed by atoms with E-state index >= 15 is 0 Å². The molecular formula is C15H24N2. The van der Waals surface area contributed by atoms with Gasteiger partial charge in [0.1, 0.15) is 0 Å². The van der Waals surface area contributed by atoms with E-state index in [2.05, 4.69) is 51.7 Å². The first-order valence-electron chi connectivity index (χ1n) is 6.34. The van der Waals surface area contributed by atoms with Gasteiger partial charge in [-0.2, -0.15) is 0 Å². The summed E-state index contributed by atoms with van der Waals surface area (Å²) in [6.07, 6.45) is 0. The summed E-state index contributed by atoms with van der Waals surface area (Å²) in [7, 11) is 0. The summed E-state index contributed by atoms with van der Waals surface area (Å²) >= 11 is 0. The van der Waals surface area contributed by atoms with E-state index in [1.807, 2.05) is 6.07 Å². The molecule has 0 fully saturated rings. The lowest BCUT2D eigenvalue weighted by atomic mass is 9.77. The van der Waals surface area contributed by atoms with E-state index in [9.17, 15) is 0 Å². The van der Waals surface area contributed by atoms with Crippen molar-refractivity contribution < 1.29 is 0 Å². The Labute approximate surface area is 105 Å². The minimum Gasteiger partial charge on any atom is -0.399 e. The molecule has 2 nitrogen and oxygen atoms in total.